The Hall–Kier alpha value is -1.51. The molecule has 0 saturated heterocycles. The molecule has 16 heavy (non-hydrogen) atoms. The van der Waals surface area contributed by atoms with Crippen molar-refractivity contribution in [3.8, 4) is 5.75 Å². The lowest BCUT2D eigenvalue weighted by Gasteiger charge is -2.33. The Labute approximate surface area is 96.7 Å². The number of aromatic hydroxyl groups is 1. The minimum Gasteiger partial charge on any atom is -0.507 e. The smallest absolute Gasteiger partial charge is 0.153 e. The maximum absolute atomic E-state index is 10.6. The van der Waals surface area contributed by atoms with Gasteiger partial charge >= 0.3 is 0 Å². The number of aldehydes is 1. The first kappa shape index (κ1) is 12.6. The van der Waals surface area contributed by atoms with Crippen molar-refractivity contribution in [1.29, 1.82) is 0 Å². The van der Waals surface area contributed by atoms with Gasteiger partial charge in [0, 0.05) is 23.8 Å². The van der Waals surface area contributed by atoms with Crippen LogP contribution in [0.4, 0.5) is 5.69 Å². The highest BCUT2D eigenvalue weighted by atomic mass is 16.3. The first-order valence-corrected chi connectivity index (χ1v) is 5.54. The van der Waals surface area contributed by atoms with Gasteiger partial charge in [-0.2, -0.15) is 0 Å². The van der Waals surface area contributed by atoms with Crippen LogP contribution in [0.2, 0.25) is 0 Å². The minimum atomic E-state index is 0.0406. The van der Waals surface area contributed by atoms with Crippen molar-refractivity contribution < 1.29 is 9.90 Å². The number of anilines is 1. The molecule has 0 atom stereocenters. The van der Waals surface area contributed by atoms with Crippen LogP contribution < -0.4 is 4.90 Å². The van der Waals surface area contributed by atoms with Crippen LogP contribution in [0.1, 0.15) is 38.1 Å². The molecule has 0 heterocycles. The van der Waals surface area contributed by atoms with Gasteiger partial charge in [-0.3, -0.25) is 4.79 Å². The number of carbonyl (C=O) groups is 1. The number of hydrogen-bond acceptors (Lipinski definition) is 3. The number of benzene rings is 1. The molecule has 1 aromatic rings. The highest BCUT2D eigenvalue weighted by molar-refractivity contribution is 5.80. The molecule has 0 fully saturated rings. The maximum Gasteiger partial charge on any atom is 0.153 e. The van der Waals surface area contributed by atoms with Crippen molar-refractivity contribution in [1.82, 2.24) is 0 Å². The van der Waals surface area contributed by atoms with Crippen LogP contribution in [0.5, 0.6) is 5.75 Å². The standard InChI is InChI=1S/C13H19NO2/c1-9(2)14(10(3)4)12-6-5-11(8-15)13(16)7-12/h5-10,16H,1-4H3. The SMILES string of the molecule is CC(C)N(c1ccc(C=O)c(O)c1)C(C)C. The third-order valence-corrected chi connectivity index (χ3v) is 2.55. The van der Waals surface area contributed by atoms with E-state index in [0.717, 1.165) is 5.69 Å². The summed E-state index contributed by atoms with van der Waals surface area (Å²) in [5.74, 6) is 0.0406. The van der Waals surface area contributed by atoms with Crippen LogP contribution in [-0.4, -0.2) is 23.5 Å². The Kier molecular flexibility index (Phi) is 3.93. The summed E-state index contributed by atoms with van der Waals surface area (Å²) in [4.78, 5) is 12.8. The Morgan fingerprint density at radius 1 is 1.19 bits per heavy atom. The van der Waals surface area contributed by atoms with E-state index < -0.39 is 0 Å². The van der Waals surface area contributed by atoms with Crippen LogP contribution in [-0.2, 0) is 0 Å². The molecule has 0 aliphatic carbocycles. The summed E-state index contributed by atoms with van der Waals surface area (Å²) in [6, 6.07) is 5.85. The summed E-state index contributed by atoms with van der Waals surface area (Å²) in [5, 5.41) is 9.65. The molecule has 0 aliphatic heterocycles. The van der Waals surface area contributed by atoms with Gasteiger partial charge in [-0.25, -0.2) is 0 Å². The summed E-state index contributed by atoms with van der Waals surface area (Å²) in [5.41, 5.74) is 1.27. The summed E-state index contributed by atoms with van der Waals surface area (Å²) >= 11 is 0. The molecular weight excluding hydrogens is 202 g/mol. The monoisotopic (exact) mass is 221 g/mol. The van der Waals surface area contributed by atoms with Crippen molar-refractivity contribution in [2.45, 2.75) is 39.8 Å². The van der Waals surface area contributed by atoms with Crippen molar-refractivity contribution in [3.05, 3.63) is 23.8 Å². The highest BCUT2D eigenvalue weighted by Crippen LogP contribution is 2.26. The molecule has 1 N–H and O–H groups in total. The average molecular weight is 221 g/mol. The van der Waals surface area contributed by atoms with E-state index in [1.54, 1.807) is 12.1 Å². The van der Waals surface area contributed by atoms with E-state index in [-0.39, 0.29) is 5.75 Å². The first-order chi connectivity index (χ1) is 7.47. The fraction of sp³-hybridized carbons (Fsp3) is 0.462. The predicted molar refractivity (Wildman–Crippen MR) is 66.2 cm³/mol. The van der Waals surface area contributed by atoms with Gasteiger partial charge in [0.05, 0.1) is 5.56 Å². The number of phenols is 1. The lowest BCUT2D eigenvalue weighted by atomic mass is 10.1. The van der Waals surface area contributed by atoms with Crippen LogP contribution in [0, 0.1) is 0 Å². The Morgan fingerprint density at radius 3 is 2.12 bits per heavy atom. The van der Waals surface area contributed by atoms with Gasteiger partial charge < -0.3 is 10.0 Å². The summed E-state index contributed by atoms with van der Waals surface area (Å²) in [6.07, 6.45) is 0.661. The Morgan fingerprint density at radius 2 is 1.75 bits per heavy atom. The fourth-order valence-electron chi connectivity index (χ4n) is 1.98. The number of nitrogens with zero attached hydrogens (tertiary/aromatic N) is 1. The summed E-state index contributed by atoms with van der Waals surface area (Å²) in [7, 11) is 0. The molecule has 3 heteroatoms. The van der Waals surface area contributed by atoms with Gasteiger partial charge in [0.25, 0.3) is 0 Å². The van der Waals surface area contributed by atoms with Crippen molar-refractivity contribution in [2.24, 2.45) is 0 Å². The van der Waals surface area contributed by atoms with E-state index in [9.17, 15) is 9.90 Å². The highest BCUT2D eigenvalue weighted by Gasteiger charge is 2.15. The van der Waals surface area contributed by atoms with Crippen molar-refractivity contribution >= 4 is 12.0 Å². The summed E-state index contributed by atoms with van der Waals surface area (Å²) in [6.45, 7) is 8.41. The van der Waals surface area contributed by atoms with E-state index in [2.05, 4.69) is 32.6 Å². The molecule has 0 bridgehead atoms. The van der Waals surface area contributed by atoms with E-state index in [1.165, 1.54) is 0 Å². The van der Waals surface area contributed by atoms with Crippen LogP contribution in [0.15, 0.2) is 18.2 Å². The first-order valence-electron chi connectivity index (χ1n) is 5.54. The van der Waals surface area contributed by atoms with Crippen LogP contribution >= 0.6 is 0 Å². The van der Waals surface area contributed by atoms with Crippen LogP contribution in [0.25, 0.3) is 0 Å². The van der Waals surface area contributed by atoms with Gasteiger partial charge in [0.2, 0.25) is 0 Å². The van der Waals surface area contributed by atoms with E-state index in [1.807, 2.05) is 6.07 Å². The van der Waals surface area contributed by atoms with Gasteiger partial charge in [-0.15, -0.1) is 0 Å². The summed E-state index contributed by atoms with van der Waals surface area (Å²) < 4.78 is 0. The largest absolute Gasteiger partial charge is 0.507 e. The van der Waals surface area contributed by atoms with Gasteiger partial charge in [0.15, 0.2) is 6.29 Å². The van der Waals surface area contributed by atoms with Crippen molar-refractivity contribution in [2.75, 3.05) is 4.90 Å². The molecule has 1 aromatic carbocycles. The number of phenolic OH excluding ortho intramolecular Hbond substituents is 1. The molecule has 0 radical (unpaired) electrons. The fourth-order valence-corrected chi connectivity index (χ4v) is 1.98. The molecule has 0 spiro atoms. The second-order valence-electron chi connectivity index (χ2n) is 4.46. The van der Waals surface area contributed by atoms with Crippen LogP contribution in [0.3, 0.4) is 0 Å². The molecule has 88 valence electrons. The molecule has 0 aromatic heterocycles. The maximum atomic E-state index is 10.6. The van der Waals surface area contributed by atoms with Crippen molar-refractivity contribution in [3.63, 3.8) is 0 Å². The lowest BCUT2D eigenvalue weighted by Crippen LogP contribution is -2.36. The molecule has 3 nitrogen and oxygen atoms in total. The molecule has 0 saturated carbocycles. The number of rotatable bonds is 4. The van der Waals surface area contributed by atoms with Gasteiger partial charge in [0.1, 0.15) is 5.75 Å². The van der Waals surface area contributed by atoms with E-state index in [4.69, 9.17) is 0 Å². The molecule has 0 unspecified atom stereocenters. The van der Waals surface area contributed by atoms with E-state index in [0.29, 0.717) is 23.9 Å². The predicted octanol–water partition coefficient (Wildman–Crippen LogP) is 2.83. The Balaban J connectivity index is 3.11. The van der Waals surface area contributed by atoms with Gasteiger partial charge in [-0.05, 0) is 39.8 Å². The van der Waals surface area contributed by atoms with Gasteiger partial charge in [-0.1, -0.05) is 0 Å². The normalized spacial score (nSPS) is 10.9. The van der Waals surface area contributed by atoms with E-state index >= 15 is 0 Å². The zero-order chi connectivity index (χ0) is 12.3. The molecule has 1 rings (SSSR count). The lowest BCUT2D eigenvalue weighted by molar-refractivity contribution is 0.112. The molecule has 0 aliphatic rings. The zero-order valence-corrected chi connectivity index (χ0v) is 10.3. The third-order valence-electron chi connectivity index (χ3n) is 2.55. The average Bonchev–Trinajstić information content (AvgIpc) is 2.16. The number of carbonyl (C=O) groups excluding carboxylic acids is 1. The zero-order valence-electron chi connectivity index (χ0n) is 10.3. The second-order valence-corrected chi connectivity index (χ2v) is 4.46. The quantitative estimate of drug-likeness (QED) is 0.795. The topological polar surface area (TPSA) is 40.5 Å². The second kappa shape index (κ2) is 5.01. The minimum absolute atomic E-state index is 0.0406. The number of hydrogen-bond donors (Lipinski definition) is 1. The molecule has 0 amide bonds. The third kappa shape index (κ3) is 2.54. The Bertz CT molecular complexity index is 364. The molecular formula is C13H19NO2.